The SMILES string of the molecule is Nc1cc(C(F)(F)F)c(S(=O)(=O)O)cc1Br. The topological polar surface area (TPSA) is 80.4 Å². The number of halogens is 4. The molecule has 16 heavy (non-hydrogen) atoms. The van der Waals surface area contributed by atoms with Gasteiger partial charge in [-0.1, -0.05) is 0 Å². The van der Waals surface area contributed by atoms with E-state index in [-0.39, 0.29) is 10.2 Å². The molecule has 0 saturated heterocycles. The maximum absolute atomic E-state index is 12.4. The van der Waals surface area contributed by atoms with Gasteiger partial charge in [-0.25, -0.2) is 0 Å². The van der Waals surface area contributed by atoms with Crippen LogP contribution in [0.2, 0.25) is 0 Å². The summed E-state index contributed by atoms with van der Waals surface area (Å²) in [4.78, 5) is -1.24. The fourth-order valence-corrected chi connectivity index (χ4v) is 2.22. The van der Waals surface area contributed by atoms with Crippen LogP contribution in [0.25, 0.3) is 0 Å². The first kappa shape index (κ1) is 13.3. The van der Waals surface area contributed by atoms with Crippen LogP contribution in [0.4, 0.5) is 18.9 Å². The average Bonchev–Trinajstić information content (AvgIpc) is 2.05. The van der Waals surface area contributed by atoms with E-state index in [0.717, 1.165) is 0 Å². The molecule has 1 aromatic rings. The van der Waals surface area contributed by atoms with E-state index < -0.39 is 26.8 Å². The molecule has 0 aromatic heterocycles. The van der Waals surface area contributed by atoms with Gasteiger partial charge in [0.2, 0.25) is 0 Å². The van der Waals surface area contributed by atoms with Gasteiger partial charge in [-0.05, 0) is 28.1 Å². The summed E-state index contributed by atoms with van der Waals surface area (Å²) in [6, 6.07) is 1.04. The lowest BCUT2D eigenvalue weighted by atomic mass is 10.2. The molecule has 3 N–H and O–H groups in total. The Bertz CT molecular complexity index is 526. The van der Waals surface area contributed by atoms with Crippen LogP contribution >= 0.6 is 15.9 Å². The summed E-state index contributed by atoms with van der Waals surface area (Å²) < 4.78 is 67.5. The Balaban J connectivity index is 3.66. The second-order valence-corrected chi connectivity index (χ2v) is 5.09. The lowest BCUT2D eigenvalue weighted by Crippen LogP contribution is -2.13. The van der Waals surface area contributed by atoms with Gasteiger partial charge in [0.05, 0.1) is 5.56 Å². The van der Waals surface area contributed by atoms with Gasteiger partial charge >= 0.3 is 6.18 Å². The highest BCUT2D eigenvalue weighted by atomic mass is 79.9. The summed E-state index contributed by atoms with van der Waals surface area (Å²) in [6.07, 6.45) is -4.92. The minimum absolute atomic E-state index is 0.0480. The zero-order valence-electron chi connectivity index (χ0n) is 7.42. The Morgan fingerprint density at radius 1 is 1.31 bits per heavy atom. The Morgan fingerprint density at radius 3 is 2.19 bits per heavy atom. The predicted molar refractivity (Wildman–Crippen MR) is 53.4 cm³/mol. The van der Waals surface area contributed by atoms with E-state index in [4.69, 9.17) is 10.3 Å². The molecule has 0 aliphatic heterocycles. The zero-order valence-corrected chi connectivity index (χ0v) is 9.82. The van der Waals surface area contributed by atoms with Gasteiger partial charge in [0, 0.05) is 10.2 Å². The third-order valence-corrected chi connectivity index (χ3v) is 3.26. The number of nitrogen functional groups attached to an aromatic ring is 1. The van der Waals surface area contributed by atoms with Crippen molar-refractivity contribution >= 4 is 31.7 Å². The van der Waals surface area contributed by atoms with Gasteiger partial charge in [0.1, 0.15) is 4.90 Å². The molecule has 0 radical (unpaired) electrons. The lowest BCUT2D eigenvalue weighted by Gasteiger charge is -2.12. The molecule has 0 atom stereocenters. The molecule has 1 aromatic carbocycles. The maximum atomic E-state index is 12.4. The zero-order chi connectivity index (χ0) is 12.7. The third-order valence-electron chi connectivity index (χ3n) is 1.68. The van der Waals surface area contributed by atoms with Crippen molar-refractivity contribution < 1.29 is 26.1 Å². The number of hydrogen-bond acceptors (Lipinski definition) is 3. The lowest BCUT2D eigenvalue weighted by molar-refractivity contribution is -0.139. The number of anilines is 1. The van der Waals surface area contributed by atoms with Gasteiger partial charge in [0.15, 0.2) is 0 Å². The number of rotatable bonds is 1. The molecule has 0 unspecified atom stereocenters. The van der Waals surface area contributed by atoms with Gasteiger partial charge in [0.25, 0.3) is 10.1 Å². The van der Waals surface area contributed by atoms with Crippen molar-refractivity contribution in [1.29, 1.82) is 0 Å². The summed E-state index contributed by atoms with van der Waals surface area (Å²) >= 11 is 2.77. The summed E-state index contributed by atoms with van der Waals surface area (Å²) in [7, 11) is -4.96. The summed E-state index contributed by atoms with van der Waals surface area (Å²) in [5, 5.41) is 0. The summed E-state index contributed by atoms with van der Waals surface area (Å²) in [5.74, 6) is 0. The van der Waals surface area contributed by atoms with Crippen LogP contribution in [-0.2, 0) is 16.3 Å². The van der Waals surface area contributed by atoms with Crippen LogP contribution < -0.4 is 5.73 Å². The minimum atomic E-state index is -4.96. The van der Waals surface area contributed by atoms with Crippen molar-refractivity contribution in [2.24, 2.45) is 0 Å². The number of hydrogen-bond donors (Lipinski definition) is 2. The molecule has 4 nitrogen and oxygen atoms in total. The van der Waals surface area contributed by atoms with Crippen LogP contribution in [0.1, 0.15) is 5.56 Å². The van der Waals surface area contributed by atoms with Crippen molar-refractivity contribution in [3.05, 3.63) is 22.2 Å². The minimum Gasteiger partial charge on any atom is -0.398 e. The highest BCUT2D eigenvalue weighted by molar-refractivity contribution is 9.10. The molecule has 0 fully saturated rings. The van der Waals surface area contributed by atoms with E-state index in [1.807, 2.05) is 0 Å². The van der Waals surface area contributed by atoms with E-state index in [1.165, 1.54) is 0 Å². The maximum Gasteiger partial charge on any atom is 0.417 e. The molecular weight excluding hydrogens is 315 g/mol. The van der Waals surface area contributed by atoms with E-state index in [2.05, 4.69) is 15.9 Å². The second kappa shape index (κ2) is 3.90. The first-order valence-electron chi connectivity index (χ1n) is 3.67. The molecule has 0 saturated carbocycles. The van der Waals surface area contributed by atoms with Crippen LogP contribution in [0, 0.1) is 0 Å². The summed E-state index contributed by atoms with van der Waals surface area (Å²) in [5.41, 5.74) is 3.42. The second-order valence-electron chi connectivity index (χ2n) is 2.84. The Morgan fingerprint density at radius 2 is 1.81 bits per heavy atom. The smallest absolute Gasteiger partial charge is 0.398 e. The molecule has 0 amide bonds. The van der Waals surface area contributed by atoms with Gasteiger partial charge in [-0.3, -0.25) is 4.55 Å². The van der Waals surface area contributed by atoms with Crippen molar-refractivity contribution in [3.8, 4) is 0 Å². The summed E-state index contributed by atoms with van der Waals surface area (Å²) in [6.45, 7) is 0. The third kappa shape index (κ3) is 2.66. The van der Waals surface area contributed by atoms with Crippen LogP contribution in [0.5, 0.6) is 0 Å². The van der Waals surface area contributed by atoms with Gasteiger partial charge < -0.3 is 5.73 Å². The Kier molecular flexibility index (Phi) is 3.23. The van der Waals surface area contributed by atoms with Gasteiger partial charge in [-0.2, -0.15) is 21.6 Å². The monoisotopic (exact) mass is 319 g/mol. The molecule has 1 rings (SSSR count). The fraction of sp³-hybridized carbons (Fsp3) is 0.143. The molecule has 90 valence electrons. The molecular formula is C7H5BrF3NO3S. The molecule has 0 aliphatic carbocycles. The van der Waals surface area contributed by atoms with Crippen molar-refractivity contribution in [2.75, 3.05) is 5.73 Å². The van der Waals surface area contributed by atoms with Crippen LogP contribution in [0.3, 0.4) is 0 Å². The van der Waals surface area contributed by atoms with Crippen molar-refractivity contribution in [3.63, 3.8) is 0 Å². The van der Waals surface area contributed by atoms with Gasteiger partial charge in [-0.15, -0.1) is 0 Å². The van der Waals surface area contributed by atoms with Crippen LogP contribution in [-0.4, -0.2) is 13.0 Å². The molecule has 0 aliphatic rings. The van der Waals surface area contributed by atoms with Crippen LogP contribution in [0.15, 0.2) is 21.5 Å². The quantitative estimate of drug-likeness (QED) is 0.614. The predicted octanol–water partition coefficient (Wildman–Crippen LogP) is 2.30. The van der Waals surface area contributed by atoms with E-state index in [0.29, 0.717) is 12.1 Å². The number of benzene rings is 1. The van der Waals surface area contributed by atoms with E-state index in [9.17, 15) is 21.6 Å². The van der Waals surface area contributed by atoms with E-state index in [1.54, 1.807) is 0 Å². The van der Waals surface area contributed by atoms with Crippen molar-refractivity contribution in [1.82, 2.24) is 0 Å². The average molecular weight is 320 g/mol. The molecule has 9 heteroatoms. The standard InChI is InChI=1S/C7H5BrF3NO3S/c8-4-2-6(16(13,14)15)3(1-5(4)12)7(9,10)11/h1-2H,12H2,(H,13,14,15). The molecule has 0 bridgehead atoms. The Hall–Kier alpha value is -0.800. The highest BCUT2D eigenvalue weighted by Crippen LogP contribution is 2.37. The molecule has 0 spiro atoms. The first-order chi connectivity index (χ1) is 7.03. The normalized spacial score (nSPS) is 12.8. The van der Waals surface area contributed by atoms with E-state index >= 15 is 0 Å². The fourth-order valence-electron chi connectivity index (χ4n) is 1.01. The number of alkyl halides is 3. The highest BCUT2D eigenvalue weighted by Gasteiger charge is 2.37. The largest absolute Gasteiger partial charge is 0.417 e. The molecule has 0 heterocycles. The number of nitrogens with two attached hydrogens (primary N) is 1. The first-order valence-corrected chi connectivity index (χ1v) is 5.90. The Labute approximate surface area is 97.1 Å². The van der Waals surface area contributed by atoms with Crippen molar-refractivity contribution in [2.45, 2.75) is 11.1 Å².